The predicted octanol–water partition coefficient (Wildman–Crippen LogP) is 7.20. The SMILES string of the molecule is C[C@@H]1C[C@@H](n2c(Nc3ccc(C(F)(F)F)cc3)nc3cc(CCC(=O)O)ccc32)CC(C)(C)C1. The molecule has 0 radical (unpaired) electrons. The smallest absolute Gasteiger partial charge is 0.416 e. The first-order chi connectivity index (χ1) is 15.9. The number of carbonyl (C=O) groups is 1. The van der Waals surface area contributed by atoms with Gasteiger partial charge in [-0.1, -0.05) is 26.8 Å². The number of nitrogens with one attached hydrogen (secondary N) is 1. The summed E-state index contributed by atoms with van der Waals surface area (Å²) in [5.74, 6) is 0.258. The molecule has 1 saturated carbocycles. The third-order valence-corrected chi connectivity index (χ3v) is 6.58. The van der Waals surface area contributed by atoms with Gasteiger partial charge in [0, 0.05) is 18.2 Å². The van der Waals surface area contributed by atoms with Crippen molar-refractivity contribution in [1.82, 2.24) is 9.55 Å². The number of nitrogens with zero attached hydrogens (tertiary/aromatic N) is 2. The maximum atomic E-state index is 13.0. The summed E-state index contributed by atoms with van der Waals surface area (Å²) in [6, 6.07) is 11.0. The molecule has 1 aliphatic carbocycles. The van der Waals surface area contributed by atoms with E-state index in [9.17, 15) is 18.0 Å². The first kappa shape index (κ1) is 24.1. The fourth-order valence-corrected chi connectivity index (χ4v) is 5.37. The predicted molar refractivity (Wildman–Crippen MR) is 126 cm³/mol. The highest BCUT2D eigenvalue weighted by molar-refractivity contribution is 5.81. The van der Waals surface area contributed by atoms with Gasteiger partial charge in [0.15, 0.2) is 0 Å². The second-order valence-electron chi connectivity index (χ2n) is 10.3. The Hall–Kier alpha value is -3.03. The molecule has 0 unspecified atom stereocenters. The molecule has 2 aromatic carbocycles. The summed E-state index contributed by atoms with van der Waals surface area (Å²) < 4.78 is 41.1. The fraction of sp³-hybridized carbons (Fsp3) is 0.462. The molecule has 0 amide bonds. The average molecular weight is 474 g/mol. The minimum atomic E-state index is -4.39. The van der Waals surface area contributed by atoms with Crippen molar-refractivity contribution < 1.29 is 23.1 Å². The van der Waals surface area contributed by atoms with Gasteiger partial charge < -0.3 is 15.0 Å². The first-order valence-corrected chi connectivity index (χ1v) is 11.6. The Bertz CT molecular complexity index is 1180. The van der Waals surface area contributed by atoms with Crippen molar-refractivity contribution in [2.45, 2.75) is 65.1 Å². The number of alkyl halides is 3. The summed E-state index contributed by atoms with van der Waals surface area (Å²) in [5.41, 5.74) is 2.55. The van der Waals surface area contributed by atoms with E-state index in [0.717, 1.165) is 48.0 Å². The van der Waals surface area contributed by atoms with Crippen LogP contribution in [0.25, 0.3) is 11.0 Å². The zero-order valence-corrected chi connectivity index (χ0v) is 19.6. The summed E-state index contributed by atoms with van der Waals surface area (Å²) in [7, 11) is 0. The van der Waals surface area contributed by atoms with Crippen LogP contribution in [0.4, 0.5) is 24.8 Å². The lowest BCUT2D eigenvalue weighted by molar-refractivity contribution is -0.138. The number of rotatable bonds is 6. The standard InChI is InChI=1S/C26H30F3N3O2/c1-16-12-20(15-25(2,3)14-16)32-22-10-4-17(5-11-23(33)34)13-21(22)31-24(32)30-19-8-6-18(7-9-19)26(27,28)29/h4,6-10,13,16,20H,5,11-12,14-15H2,1-3H3,(H,30,31)(H,33,34)/t16-,20-/m1/s1. The maximum Gasteiger partial charge on any atom is 0.416 e. The summed E-state index contributed by atoms with van der Waals surface area (Å²) in [6.07, 6.45) is -0.855. The summed E-state index contributed by atoms with van der Waals surface area (Å²) in [5, 5.41) is 12.3. The Morgan fingerprint density at radius 2 is 1.88 bits per heavy atom. The highest BCUT2D eigenvalue weighted by Gasteiger charge is 2.35. The van der Waals surface area contributed by atoms with Crippen molar-refractivity contribution >= 4 is 28.6 Å². The normalized spacial score (nSPS) is 20.4. The van der Waals surface area contributed by atoms with Gasteiger partial charge in [-0.2, -0.15) is 13.2 Å². The molecule has 1 heterocycles. The molecule has 0 aliphatic heterocycles. The van der Waals surface area contributed by atoms with Crippen LogP contribution >= 0.6 is 0 Å². The highest BCUT2D eigenvalue weighted by Crippen LogP contribution is 2.46. The van der Waals surface area contributed by atoms with Crippen LogP contribution in [0, 0.1) is 11.3 Å². The van der Waals surface area contributed by atoms with Gasteiger partial charge in [0.25, 0.3) is 0 Å². The van der Waals surface area contributed by atoms with E-state index >= 15 is 0 Å². The Morgan fingerprint density at radius 3 is 2.50 bits per heavy atom. The Labute approximate surface area is 197 Å². The maximum absolute atomic E-state index is 13.0. The number of aryl methyl sites for hydroxylation is 1. The minimum Gasteiger partial charge on any atom is -0.481 e. The van der Waals surface area contributed by atoms with Crippen molar-refractivity contribution in [2.24, 2.45) is 11.3 Å². The molecule has 5 nitrogen and oxygen atoms in total. The van der Waals surface area contributed by atoms with Crippen molar-refractivity contribution in [3.63, 3.8) is 0 Å². The van der Waals surface area contributed by atoms with Crippen molar-refractivity contribution in [3.8, 4) is 0 Å². The molecule has 3 aromatic rings. The van der Waals surface area contributed by atoms with E-state index in [1.54, 1.807) is 0 Å². The van der Waals surface area contributed by atoms with Crippen LogP contribution < -0.4 is 5.32 Å². The fourth-order valence-electron chi connectivity index (χ4n) is 5.37. The monoisotopic (exact) mass is 473 g/mol. The molecule has 1 aliphatic rings. The van der Waals surface area contributed by atoms with Crippen molar-refractivity contribution in [1.29, 1.82) is 0 Å². The van der Waals surface area contributed by atoms with E-state index in [1.165, 1.54) is 12.1 Å². The number of hydrogen-bond acceptors (Lipinski definition) is 3. The summed E-state index contributed by atoms with van der Waals surface area (Å²) in [4.78, 5) is 15.8. The molecule has 34 heavy (non-hydrogen) atoms. The Kier molecular flexibility index (Phi) is 6.36. The van der Waals surface area contributed by atoms with Gasteiger partial charge in [-0.15, -0.1) is 0 Å². The summed E-state index contributed by atoms with van der Waals surface area (Å²) >= 11 is 0. The van der Waals surface area contributed by atoms with Crippen LogP contribution in [-0.4, -0.2) is 20.6 Å². The quantitative estimate of drug-likeness (QED) is 0.397. The highest BCUT2D eigenvalue weighted by atomic mass is 19.4. The molecular weight excluding hydrogens is 443 g/mol. The van der Waals surface area contributed by atoms with Crippen LogP contribution in [0.3, 0.4) is 0 Å². The number of carboxylic acid groups (broad SMARTS) is 1. The van der Waals surface area contributed by atoms with Gasteiger partial charge in [-0.3, -0.25) is 4.79 Å². The van der Waals surface area contributed by atoms with E-state index in [1.807, 2.05) is 18.2 Å². The third kappa shape index (κ3) is 5.37. The summed E-state index contributed by atoms with van der Waals surface area (Å²) in [6.45, 7) is 6.78. The Morgan fingerprint density at radius 1 is 1.18 bits per heavy atom. The van der Waals surface area contributed by atoms with Crippen LogP contribution in [0.1, 0.15) is 63.6 Å². The van der Waals surface area contributed by atoms with E-state index in [-0.39, 0.29) is 17.9 Å². The van der Waals surface area contributed by atoms with Gasteiger partial charge in [0.1, 0.15) is 0 Å². The second-order valence-corrected chi connectivity index (χ2v) is 10.3. The lowest BCUT2D eigenvalue weighted by Crippen LogP contribution is -2.29. The molecule has 182 valence electrons. The van der Waals surface area contributed by atoms with E-state index < -0.39 is 17.7 Å². The zero-order chi connectivity index (χ0) is 24.7. The molecule has 0 spiro atoms. The molecule has 2 atom stereocenters. The van der Waals surface area contributed by atoms with Crippen LogP contribution in [0.5, 0.6) is 0 Å². The zero-order valence-electron chi connectivity index (χ0n) is 19.6. The molecule has 1 fully saturated rings. The number of aliphatic carboxylic acids is 1. The number of halogens is 3. The molecule has 0 bridgehead atoms. The van der Waals surface area contributed by atoms with Crippen LogP contribution in [0.15, 0.2) is 42.5 Å². The Balaban J connectivity index is 1.74. The number of anilines is 2. The number of benzene rings is 2. The van der Waals surface area contributed by atoms with Gasteiger partial charge >= 0.3 is 12.1 Å². The van der Waals surface area contributed by atoms with E-state index in [0.29, 0.717) is 24.0 Å². The molecular formula is C26H30F3N3O2. The number of hydrogen-bond donors (Lipinski definition) is 2. The molecule has 0 saturated heterocycles. The van der Waals surface area contributed by atoms with Gasteiger partial charge in [-0.05, 0) is 79.0 Å². The van der Waals surface area contributed by atoms with Crippen molar-refractivity contribution in [2.75, 3.05) is 5.32 Å². The van der Waals surface area contributed by atoms with Crippen LogP contribution in [0.2, 0.25) is 0 Å². The molecule has 2 N–H and O–H groups in total. The van der Waals surface area contributed by atoms with Crippen molar-refractivity contribution in [3.05, 3.63) is 53.6 Å². The lowest BCUT2D eigenvalue weighted by Gasteiger charge is -2.40. The molecule has 4 rings (SSSR count). The number of carboxylic acids is 1. The van der Waals surface area contributed by atoms with Gasteiger partial charge in [0.05, 0.1) is 16.6 Å². The largest absolute Gasteiger partial charge is 0.481 e. The third-order valence-electron chi connectivity index (χ3n) is 6.58. The number of imidazole rings is 1. The number of fused-ring (bicyclic) bond motifs is 1. The number of aromatic nitrogens is 2. The van der Waals surface area contributed by atoms with E-state index in [4.69, 9.17) is 10.1 Å². The topological polar surface area (TPSA) is 67.2 Å². The van der Waals surface area contributed by atoms with E-state index in [2.05, 4.69) is 30.7 Å². The minimum absolute atomic E-state index is 0.0389. The van der Waals surface area contributed by atoms with Crippen LogP contribution in [-0.2, 0) is 17.4 Å². The second kappa shape index (κ2) is 8.96. The van der Waals surface area contributed by atoms with Gasteiger partial charge in [0.2, 0.25) is 5.95 Å². The average Bonchev–Trinajstić information content (AvgIpc) is 3.07. The lowest BCUT2D eigenvalue weighted by atomic mass is 9.70. The molecule has 8 heteroatoms. The first-order valence-electron chi connectivity index (χ1n) is 11.6. The van der Waals surface area contributed by atoms with Gasteiger partial charge in [-0.25, -0.2) is 4.98 Å². The molecule has 1 aromatic heterocycles.